The molecule has 1 rings (SSSR count). The second-order valence-electron chi connectivity index (χ2n) is 3.78. The van der Waals surface area contributed by atoms with Gasteiger partial charge in [-0.15, -0.1) is 0 Å². The molecule has 4 heteroatoms. The van der Waals surface area contributed by atoms with Crippen molar-refractivity contribution in [2.45, 2.75) is 38.5 Å². The van der Waals surface area contributed by atoms with Crippen molar-refractivity contribution in [2.75, 3.05) is 0 Å². The first-order chi connectivity index (χ1) is 7.45. The van der Waals surface area contributed by atoms with Gasteiger partial charge in [0.2, 0.25) is 0 Å². The second-order valence-corrected chi connectivity index (χ2v) is 3.78. The Morgan fingerprint density at radius 1 is 1.19 bits per heavy atom. The molecule has 0 fully saturated rings. The summed E-state index contributed by atoms with van der Waals surface area (Å²) in [6.07, 6.45) is -2.57. The summed E-state index contributed by atoms with van der Waals surface area (Å²) >= 11 is 0. The lowest BCUT2D eigenvalue weighted by atomic mass is 10.0. The third-order valence-electron chi connectivity index (χ3n) is 2.45. The molecule has 1 aromatic carbocycles. The largest absolute Gasteiger partial charge is 0.416 e. The van der Waals surface area contributed by atoms with E-state index in [-0.39, 0.29) is 0 Å². The van der Waals surface area contributed by atoms with Crippen LogP contribution < -0.4 is 0 Å². The number of hydrogen-bond donors (Lipinski definition) is 1. The summed E-state index contributed by atoms with van der Waals surface area (Å²) in [6.45, 7) is 2.00. The highest BCUT2D eigenvalue weighted by molar-refractivity contribution is 5.25. The number of rotatable bonds is 4. The molecule has 1 aromatic rings. The summed E-state index contributed by atoms with van der Waals surface area (Å²) < 4.78 is 36.8. The van der Waals surface area contributed by atoms with Crippen LogP contribution in [0.1, 0.15) is 43.4 Å². The van der Waals surface area contributed by atoms with Gasteiger partial charge in [-0.3, -0.25) is 0 Å². The number of unbranched alkanes of at least 4 members (excludes halogenated alkanes) is 1. The van der Waals surface area contributed by atoms with Crippen LogP contribution in [0, 0.1) is 0 Å². The van der Waals surface area contributed by atoms with Gasteiger partial charge in [-0.1, -0.05) is 31.9 Å². The minimum atomic E-state index is -4.31. The highest BCUT2D eigenvalue weighted by Gasteiger charge is 2.30. The lowest BCUT2D eigenvalue weighted by molar-refractivity contribution is -0.137. The zero-order chi connectivity index (χ0) is 12.2. The van der Waals surface area contributed by atoms with Crippen LogP contribution in [0.2, 0.25) is 0 Å². The van der Waals surface area contributed by atoms with Gasteiger partial charge in [-0.05, 0) is 24.1 Å². The summed E-state index contributed by atoms with van der Waals surface area (Å²) in [5.74, 6) is 0. The second kappa shape index (κ2) is 5.34. The molecule has 0 aliphatic carbocycles. The van der Waals surface area contributed by atoms with Gasteiger partial charge in [0.15, 0.2) is 0 Å². The summed E-state index contributed by atoms with van der Waals surface area (Å²) in [7, 11) is 0. The molecule has 0 spiro atoms. The van der Waals surface area contributed by atoms with Gasteiger partial charge in [0.25, 0.3) is 0 Å². The van der Waals surface area contributed by atoms with Crippen molar-refractivity contribution in [3.8, 4) is 0 Å². The molecule has 1 N–H and O–H groups in total. The highest BCUT2D eigenvalue weighted by atomic mass is 19.4. The van der Waals surface area contributed by atoms with Crippen molar-refractivity contribution < 1.29 is 18.3 Å². The van der Waals surface area contributed by atoms with Crippen molar-refractivity contribution in [1.29, 1.82) is 0 Å². The molecular formula is C12H15F3O. The van der Waals surface area contributed by atoms with Crippen molar-refractivity contribution in [2.24, 2.45) is 0 Å². The normalized spacial score (nSPS) is 13.8. The molecule has 0 aliphatic rings. The van der Waals surface area contributed by atoms with E-state index in [4.69, 9.17) is 0 Å². The van der Waals surface area contributed by atoms with Crippen molar-refractivity contribution in [1.82, 2.24) is 0 Å². The van der Waals surface area contributed by atoms with Crippen LogP contribution in [0.25, 0.3) is 0 Å². The van der Waals surface area contributed by atoms with Crippen LogP contribution in [0.5, 0.6) is 0 Å². The SMILES string of the molecule is CCCCC(O)c1ccc(C(F)(F)F)cc1. The number of halogens is 3. The molecule has 16 heavy (non-hydrogen) atoms. The molecule has 1 atom stereocenters. The molecule has 90 valence electrons. The fraction of sp³-hybridized carbons (Fsp3) is 0.500. The smallest absolute Gasteiger partial charge is 0.388 e. The minimum Gasteiger partial charge on any atom is -0.388 e. The molecule has 0 saturated carbocycles. The van der Waals surface area contributed by atoms with Gasteiger partial charge in [0.05, 0.1) is 11.7 Å². The first-order valence-electron chi connectivity index (χ1n) is 5.30. The van der Waals surface area contributed by atoms with Gasteiger partial charge in [-0.25, -0.2) is 0 Å². The fourth-order valence-electron chi connectivity index (χ4n) is 1.46. The average Bonchev–Trinajstić information content (AvgIpc) is 2.25. The Morgan fingerprint density at radius 2 is 1.75 bits per heavy atom. The molecule has 0 radical (unpaired) electrons. The Labute approximate surface area is 92.9 Å². The molecule has 0 bridgehead atoms. The minimum absolute atomic E-state index is 0.543. The maximum Gasteiger partial charge on any atom is 0.416 e. The van der Waals surface area contributed by atoms with Crippen LogP contribution in [0.4, 0.5) is 13.2 Å². The number of alkyl halides is 3. The van der Waals surface area contributed by atoms with Crippen molar-refractivity contribution in [3.05, 3.63) is 35.4 Å². The molecule has 0 aliphatic heterocycles. The third kappa shape index (κ3) is 3.52. The number of aliphatic hydroxyl groups is 1. The molecule has 1 nitrogen and oxygen atoms in total. The number of benzene rings is 1. The van der Waals surface area contributed by atoms with Crippen LogP contribution in [0.3, 0.4) is 0 Å². The maximum atomic E-state index is 12.3. The first kappa shape index (κ1) is 13.0. The maximum absolute atomic E-state index is 12.3. The van der Waals surface area contributed by atoms with Crippen LogP contribution in [-0.2, 0) is 6.18 Å². The monoisotopic (exact) mass is 232 g/mol. The van der Waals surface area contributed by atoms with E-state index in [1.807, 2.05) is 6.92 Å². The lowest BCUT2D eigenvalue weighted by Gasteiger charge is -2.12. The van der Waals surface area contributed by atoms with Crippen molar-refractivity contribution >= 4 is 0 Å². The Balaban J connectivity index is 2.71. The fourth-order valence-corrected chi connectivity index (χ4v) is 1.46. The number of hydrogen-bond acceptors (Lipinski definition) is 1. The Morgan fingerprint density at radius 3 is 2.19 bits per heavy atom. The van der Waals surface area contributed by atoms with E-state index in [1.165, 1.54) is 12.1 Å². The zero-order valence-corrected chi connectivity index (χ0v) is 9.09. The predicted molar refractivity (Wildman–Crippen MR) is 55.9 cm³/mol. The van der Waals surface area contributed by atoms with Crippen LogP contribution >= 0.6 is 0 Å². The zero-order valence-electron chi connectivity index (χ0n) is 9.09. The Kier molecular flexibility index (Phi) is 4.35. The van der Waals surface area contributed by atoms with Crippen LogP contribution in [-0.4, -0.2) is 5.11 Å². The lowest BCUT2D eigenvalue weighted by Crippen LogP contribution is -2.05. The first-order valence-corrected chi connectivity index (χ1v) is 5.30. The van der Waals surface area contributed by atoms with Gasteiger partial charge < -0.3 is 5.11 Å². The van der Waals surface area contributed by atoms with E-state index < -0.39 is 17.8 Å². The molecule has 0 heterocycles. The summed E-state index contributed by atoms with van der Waals surface area (Å²) in [5.41, 5.74) is -0.139. The topological polar surface area (TPSA) is 20.2 Å². The predicted octanol–water partition coefficient (Wildman–Crippen LogP) is 3.93. The average molecular weight is 232 g/mol. The third-order valence-corrected chi connectivity index (χ3v) is 2.45. The summed E-state index contributed by atoms with van der Waals surface area (Å²) in [5, 5.41) is 9.66. The van der Waals surface area contributed by atoms with E-state index in [2.05, 4.69) is 0 Å². The Bertz CT molecular complexity index is 316. The molecule has 0 amide bonds. The standard InChI is InChI=1S/C12H15F3O/c1-2-3-4-11(16)9-5-7-10(8-6-9)12(13,14)15/h5-8,11,16H,2-4H2,1H3. The van der Waals surface area contributed by atoms with Crippen molar-refractivity contribution in [3.63, 3.8) is 0 Å². The van der Waals surface area contributed by atoms with Gasteiger partial charge >= 0.3 is 6.18 Å². The van der Waals surface area contributed by atoms with Gasteiger partial charge in [0, 0.05) is 0 Å². The van der Waals surface area contributed by atoms with E-state index >= 15 is 0 Å². The van der Waals surface area contributed by atoms with Crippen LogP contribution in [0.15, 0.2) is 24.3 Å². The van der Waals surface area contributed by atoms with E-state index in [9.17, 15) is 18.3 Å². The van der Waals surface area contributed by atoms with E-state index in [0.29, 0.717) is 12.0 Å². The molecular weight excluding hydrogens is 217 g/mol. The summed E-state index contributed by atoms with van der Waals surface area (Å²) in [4.78, 5) is 0. The Hall–Kier alpha value is -1.03. The van der Waals surface area contributed by atoms with E-state index in [1.54, 1.807) is 0 Å². The van der Waals surface area contributed by atoms with Gasteiger partial charge in [-0.2, -0.15) is 13.2 Å². The quantitative estimate of drug-likeness (QED) is 0.833. The number of aliphatic hydroxyl groups excluding tert-OH is 1. The molecule has 0 saturated heterocycles. The van der Waals surface area contributed by atoms with Gasteiger partial charge in [0.1, 0.15) is 0 Å². The highest BCUT2D eigenvalue weighted by Crippen LogP contribution is 2.30. The van der Waals surface area contributed by atoms with E-state index in [0.717, 1.165) is 25.0 Å². The molecule has 0 aromatic heterocycles. The summed E-state index contributed by atoms with van der Waals surface area (Å²) in [6, 6.07) is 4.68. The molecule has 1 unspecified atom stereocenters.